The summed E-state index contributed by atoms with van der Waals surface area (Å²) in [6, 6.07) is 0. The molecule has 0 N–H and O–H groups in total. The van der Waals surface area contributed by atoms with Crippen LogP contribution in [0.25, 0.3) is 0 Å². The van der Waals surface area contributed by atoms with Gasteiger partial charge in [-0.25, -0.2) is 0 Å². The van der Waals surface area contributed by atoms with Gasteiger partial charge in [-0.1, -0.05) is 0 Å². The van der Waals surface area contributed by atoms with Gasteiger partial charge in [0.05, 0.1) is 13.2 Å². The first kappa shape index (κ1) is 6.25. The molecule has 0 aromatic rings. The van der Waals surface area contributed by atoms with Crippen LogP contribution >= 0.6 is 11.6 Å². The van der Waals surface area contributed by atoms with Crippen LogP contribution in [-0.2, 0) is 4.74 Å². The van der Waals surface area contributed by atoms with Crippen LogP contribution in [0.3, 0.4) is 0 Å². The van der Waals surface area contributed by atoms with Crippen LogP contribution in [0.4, 0.5) is 0 Å². The molecule has 0 amide bonds. The zero-order chi connectivity index (χ0) is 4.83. The van der Waals surface area contributed by atoms with Gasteiger partial charge in [-0.3, -0.25) is 0 Å². The van der Waals surface area contributed by atoms with Crippen LogP contribution in [-0.4, -0.2) is 12.5 Å². The molecule has 2 heteroatoms. The van der Waals surface area contributed by atoms with E-state index >= 15 is 0 Å². The highest BCUT2D eigenvalue weighted by atomic mass is 35.5. The first-order valence-electron chi connectivity index (χ1n) is 1.87. The Morgan fingerprint density at radius 3 is 2.67 bits per heavy atom. The maximum Gasteiger partial charge on any atom is 0.0806 e. The second-order valence-corrected chi connectivity index (χ2v) is 1.17. The van der Waals surface area contributed by atoms with E-state index in [-0.39, 0.29) is 0 Å². The minimum atomic E-state index is 0.574. The van der Waals surface area contributed by atoms with Gasteiger partial charge >= 0.3 is 0 Å². The molecule has 0 rings (SSSR count). The van der Waals surface area contributed by atoms with Crippen LogP contribution < -0.4 is 0 Å². The van der Waals surface area contributed by atoms with Gasteiger partial charge in [0.15, 0.2) is 0 Å². The number of halogens is 1. The summed E-state index contributed by atoms with van der Waals surface area (Å²) < 4.78 is 4.73. The van der Waals surface area contributed by atoms with E-state index in [1.54, 1.807) is 6.61 Å². The zero-order valence-corrected chi connectivity index (χ0v) is 4.53. The Hall–Kier alpha value is 0.250. The summed E-state index contributed by atoms with van der Waals surface area (Å²) in [6.45, 7) is 4.08. The minimum absolute atomic E-state index is 0.574. The quantitative estimate of drug-likeness (QED) is 0.392. The van der Waals surface area contributed by atoms with Gasteiger partial charge in [-0.15, -0.1) is 11.6 Å². The molecule has 6 heavy (non-hydrogen) atoms. The summed E-state index contributed by atoms with van der Waals surface area (Å²) in [4.78, 5) is 0. The lowest BCUT2D eigenvalue weighted by Gasteiger charge is -1.89. The van der Waals surface area contributed by atoms with Gasteiger partial charge in [0.1, 0.15) is 0 Å². The molecule has 1 radical (unpaired) electrons. The van der Waals surface area contributed by atoms with Crippen LogP contribution in [0, 0.1) is 6.61 Å². The lowest BCUT2D eigenvalue weighted by atomic mass is 10.8. The van der Waals surface area contributed by atoms with Gasteiger partial charge in [0, 0.05) is 5.88 Å². The fraction of sp³-hybridized carbons (Fsp3) is 0.750. The van der Waals surface area contributed by atoms with Crippen molar-refractivity contribution >= 4 is 11.6 Å². The lowest BCUT2D eigenvalue weighted by molar-refractivity contribution is 0.223. The molecular weight excluding hydrogens is 99.5 g/mol. The van der Waals surface area contributed by atoms with Crippen molar-refractivity contribution in [2.45, 2.75) is 6.92 Å². The van der Waals surface area contributed by atoms with Crippen molar-refractivity contribution in [3.63, 3.8) is 0 Å². The summed E-state index contributed by atoms with van der Waals surface area (Å²) in [5, 5.41) is 0. The normalized spacial score (nSPS) is 9.00. The minimum Gasteiger partial charge on any atom is -0.375 e. The standard InChI is InChI=1S/C4H8ClO/c1-2-6-4-3-5/h2H,3-4H2,1H3. The predicted octanol–water partition coefficient (Wildman–Crippen LogP) is 1.42. The van der Waals surface area contributed by atoms with E-state index in [2.05, 4.69) is 0 Å². The third-order valence-electron chi connectivity index (χ3n) is 0.362. The fourth-order valence-corrected chi connectivity index (χ4v) is 0.251. The average molecular weight is 108 g/mol. The van der Waals surface area contributed by atoms with E-state index in [0.29, 0.717) is 12.5 Å². The number of rotatable bonds is 3. The van der Waals surface area contributed by atoms with E-state index in [1.807, 2.05) is 6.92 Å². The van der Waals surface area contributed by atoms with E-state index in [1.165, 1.54) is 0 Å². The Balaban J connectivity index is 2.34. The van der Waals surface area contributed by atoms with E-state index < -0.39 is 0 Å². The van der Waals surface area contributed by atoms with Crippen molar-refractivity contribution < 1.29 is 4.74 Å². The molecule has 0 fully saturated rings. The van der Waals surface area contributed by atoms with Crippen LogP contribution in [0.15, 0.2) is 0 Å². The Kier molecular flexibility index (Phi) is 5.47. The van der Waals surface area contributed by atoms with Gasteiger partial charge < -0.3 is 4.74 Å². The largest absolute Gasteiger partial charge is 0.375 e. The average Bonchev–Trinajstić information content (AvgIpc) is 1.61. The fourth-order valence-electron chi connectivity index (χ4n) is 0.162. The van der Waals surface area contributed by atoms with E-state index in [9.17, 15) is 0 Å². The van der Waals surface area contributed by atoms with Crippen molar-refractivity contribution in [2.24, 2.45) is 0 Å². The highest BCUT2D eigenvalue weighted by Gasteiger charge is 1.75. The molecule has 0 bridgehead atoms. The molecule has 0 aliphatic rings. The molecule has 0 saturated heterocycles. The molecule has 0 aliphatic carbocycles. The molecule has 0 atom stereocenters. The first-order chi connectivity index (χ1) is 2.91. The Morgan fingerprint density at radius 2 is 2.50 bits per heavy atom. The lowest BCUT2D eigenvalue weighted by Crippen LogP contribution is -1.87. The predicted molar refractivity (Wildman–Crippen MR) is 26.6 cm³/mol. The van der Waals surface area contributed by atoms with Gasteiger partial charge in [0.2, 0.25) is 0 Å². The number of hydrogen-bond acceptors (Lipinski definition) is 1. The second-order valence-electron chi connectivity index (χ2n) is 0.795. The molecule has 37 valence electrons. The molecule has 0 aromatic carbocycles. The van der Waals surface area contributed by atoms with Crippen LogP contribution in [0.1, 0.15) is 6.92 Å². The molecular formula is C4H8ClO. The van der Waals surface area contributed by atoms with Gasteiger partial charge in [-0.05, 0) is 6.92 Å². The van der Waals surface area contributed by atoms with Gasteiger partial charge in [0.25, 0.3) is 0 Å². The topological polar surface area (TPSA) is 9.23 Å². The van der Waals surface area contributed by atoms with E-state index in [0.717, 1.165) is 0 Å². The van der Waals surface area contributed by atoms with Gasteiger partial charge in [-0.2, -0.15) is 0 Å². The summed E-state index contributed by atoms with van der Waals surface area (Å²) >= 11 is 5.24. The number of ether oxygens (including phenoxy) is 1. The summed E-state index contributed by atoms with van der Waals surface area (Å²) in [5.74, 6) is 0.574. The molecule has 0 aromatic heterocycles. The number of hydrogen-bond donors (Lipinski definition) is 0. The molecule has 0 saturated carbocycles. The SMILES string of the molecule is C[CH]OCCCl. The summed E-state index contributed by atoms with van der Waals surface area (Å²) in [7, 11) is 0. The molecule has 0 heterocycles. The molecule has 0 unspecified atom stereocenters. The summed E-state index contributed by atoms with van der Waals surface area (Å²) in [5.41, 5.74) is 0. The zero-order valence-electron chi connectivity index (χ0n) is 3.78. The smallest absolute Gasteiger partial charge is 0.0806 e. The van der Waals surface area contributed by atoms with Crippen molar-refractivity contribution in [2.75, 3.05) is 12.5 Å². The highest BCUT2D eigenvalue weighted by Crippen LogP contribution is 1.79. The number of alkyl halides is 1. The molecule has 1 nitrogen and oxygen atoms in total. The molecule has 0 spiro atoms. The Morgan fingerprint density at radius 1 is 1.83 bits per heavy atom. The molecule has 0 aliphatic heterocycles. The Bertz CT molecular complexity index is 19.5. The van der Waals surface area contributed by atoms with Crippen molar-refractivity contribution in [3.8, 4) is 0 Å². The monoisotopic (exact) mass is 107 g/mol. The highest BCUT2D eigenvalue weighted by molar-refractivity contribution is 6.17. The maximum atomic E-state index is 5.24. The third-order valence-corrected chi connectivity index (χ3v) is 0.516. The van der Waals surface area contributed by atoms with Crippen LogP contribution in [0.2, 0.25) is 0 Å². The maximum absolute atomic E-state index is 5.24. The summed E-state index contributed by atoms with van der Waals surface area (Å²) in [6.07, 6.45) is 0. The third kappa shape index (κ3) is 4.25. The van der Waals surface area contributed by atoms with E-state index in [4.69, 9.17) is 16.3 Å². The van der Waals surface area contributed by atoms with Crippen LogP contribution in [0.5, 0.6) is 0 Å². The van der Waals surface area contributed by atoms with Crippen molar-refractivity contribution in [1.82, 2.24) is 0 Å². The van der Waals surface area contributed by atoms with Crippen molar-refractivity contribution in [1.29, 1.82) is 0 Å². The first-order valence-corrected chi connectivity index (χ1v) is 2.40. The second kappa shape index (κ2) is 5.25. The van der Waals surface area contributed by atoms with Crippen molar-refractivity contribution in [3.05, 3.63) is 6.61 Å². The Labute approximate surface area is 43.3 Å².